The van der Waals surface area contributed by atoms with E-state index in [1.165, 1.54) is 6.07 Å². The van der Waals surface area contributed by atoms with E-state index >= 15 is 0 Å². The van der Waals surface area contributed by atoms with E-state index in [-0.39, 0.29) is 11.9 Å². The molecule has 2 rings (SSSR count). The molecule has 0 bridgehead atoms. The Kier molecular flexibility index (Phi) is 5.19. The van der Waals surface area contributed by atoms with Gasteiger partial charge in [-0.05, 0) is 47.1 Å². The van der Waals surface area contributed by atoms with Gasteiger partial charge >= 0.3 is 0 Å². The number of morpholine rings is 1. The van der Waals surface area contributed by atoms with Crippen LogP contribution >= 0.6 is 15.9 Å². The first-order valence-corrected chi connectivity index (χ1v) is 7.43. The number of benzene rings is 1. The second kappa shape index (κ2) is 6.68. The van der Waals surface area contributed by atoms with Crippen molar-refractivity contribution in [1.82, 2.24) is 4.90 Å². The van der Waals surface area contributed by atoms with Crippen molar-refractivity contribution in [2.75, 3.05) is 38.1 Å². The number of aryl methyl sites for hydroxylation is 1. The van der Waals surface area contributed by atoms with Gasteiger partial charge in [-0.3, -0.25) is 4.90 Å². The van der Waals surface area contributed by atoms with E-state index in [2.05, 4.69) is 33.1 Å². The van der Waals surface area contributed by atoms with Crippen LogP contribution in [0.1, 0.15) is 12.5 Å². The molecule has 0 aromatic heterocycles. The number of ether oxygens (including phenoxy) is 1. The molecule has 0 saturated carbocycles. The maximum absolute atomic E-state index is 13.5. The monoisotopic (exact) mass is 330 g/mol. The smallest absolute Gasteiger partial charge is 0.139 e. The van der Waals surface area contributed by atoms with Crippen LogP contribution in [0.2, 0.25) is 0 Å². The second-order valence-corrected chi connectivity index (χ2v) is 5.70. The standard InChI is InChI=1S/C14H20BrFN2O/c1-3-18-4-5-19-11(9-18)8-17-14-7-13(16)12(15)6-10(14)2/h6-7,11,17H,3-5,8-9H2,1-2H3. The van der Waals surface area contributed by atoms with Gasteiger partial charge in [0.1, 0.15) is 5.82 Å². The Balaban J connectivity index is 1.93. The summed E-state index contributed by atoms with van der Waals surface area (Å²) in [4.78, 5) is 2.37. The first-order valence-electron chi connectivity index (χ1n) is 6.63. The Morgan fingerprint density at radius 1 is 1.53 bits per heavy atom. The molecule has 1 aliphatic heterocycles. The topological polar surface area (TPSA) is 24.5 Å². The molecule has 0 spiro atoms. The lowest BCUT2D eigenvalue weighted by Crippen LogP contribution is -2.45. The predicted molar refractivity (Wildman–Crippen MR) is 79.2 cm³/mol. The minimum atomic E-state index is -0.243. The van der Waals surface area contributed by atoms with Crippen LogP contribution in [0.25, 0.3) is 0 Å². The van der Waals surface area contributed by atoms with Crippen molar-refractivity contribution in [2.45, 2.75) is 20.0 Å². The average Bonchev–Trinajstić information content (AvgIpc) is 2.41. The minimum Gasteiger partial charge on any atom is -0.382 e. The van der Waals surface area contributed by atoms with Gasteiger partial charge in [0, 0.05) is 25.3 Å². The van der Waals surface area contributed by atoms with Gasteiger partial charge in [0.05, 0.1) is 17.2 Å². The normalized spacial score (nSPS) is 20.5. The molecule has 0 radical (unpaired) electrons. The Bertz CT molecular complexity index is 442. The zero-order chi connectivity index (χ0) is 13.8. The molecule has 106 valence electrons. The van der Waals surface area contributed by atoms with E-state index < -0.39 is 0 Å². The summed E-state index contributed by atoms with van der Waals surface area (Å²) in [6.07, 6.45) is 0.166. The van der Waals surface area contributed by atoms with Crippen LogP contribution in [0.4, 0.5) is 10.1 Å². The van der Waals surface area contributed by atoms with E-state index in [9.17, 15) is 4.39 Å². The molecule has 1 aromatic carbocycles. The second-order valence-electron chi connectivity index (χ2n) is 4.85. The maximum atomic E-state index is 13.5. The summed E-state index contributed by atoms with van der Waals surface area (Å²) in [5.41, 5.74) is 1.86. The molecular weight excluding hydrogens is 311 g/mol. The highest BCUT2D eigenvalue weighted by Crippen LogP contribution is 2.24. The van der Waals surface area contributed by atoms with Crippen molar-refractivity contribution in [2.24, 2.45) is 0 Å². The van der Waals surface area contributed by atoms with Crippen molar-refractivity contribution in [3.05, 3.63) is 28.0 Å². The fraction of sp³-hybridized carbons (Fsp3) is 0.571. The van der Waals surface area contributed by atoms with Gasteiger partial charge in [-0.2, -0.15) is 0 Å². The molecule has 1 atom stereocenters. The number of halogens is 2. The molecule has 3 nitrogen and oxygen atoms in total. The molecule has 1 fully saturated rings. The molecule has 1 unspecified atom stereocenters. The Morgan fingerprint density at radius 3 is 3.05 bits per heavy atom. The van der Waals surface area contributed by atoms with Crippen LogP contribution in [0.3, 0.4) is 0 Å². The number of likely N-dealkylation sites (N-methyl/N-ethyl adjacent to an activating group) is 1. The first-order chi connectivity index (χ1) is 9.10. The van der Waals surface area contributed by atoms with Gasteiger partial charge in [-0.15, -0.1) is 0 Å². The Labute approximate surface area is 122 Å². The largest absolute Gasteiger partial charge is 0.382 e. The number of hydrogen-bond donors (Lipinski definition) is 1. The van der Waals surface area contributed by atoms with Gasteiger partial charge in [0.25, 0.3) is 0 Å². The van der Waals surface area contributed by atoms with E-state index in [0.29, 0.717) is 11.0 Å². The molecule has 1 heterocycles. The van der Waals surface area contributed by atoms with Gasteiger partial charge in [0.2, 0.25) is 0 Å². The van der Waals surface area contributed by atoms with Crippen LogP contribution in [0.5, 0.6) is 0 Å². The van der Waals surface area contributed by atoms with Crippen LogP contribution in [-0.4, -0.2) is 43.8 Å². The summed E-state index contributed by atoms with van der Waals surface area (Å²) in [6, 6.07) is 3.32. The van der Waals surface area contributed by atoms with Gasteiger partial charge in [-0.1, -0.05) is 6.92 Å². The van der Waals surface area contributed by atoms with E-state index in [4.69, 9.17) is 4.74 Å². The first kappa shape index (κ1) is 14.8. The highest BCUT2D eigenvalue weighted by Gasteiger charge is 2.19. The van der Waals surface area contributed by atoms with Crippen LogP contribution in [-0.2, 0) is 4.74 Å². The van der Waals surface area contributed by atoms with Crippen LogP contribution < -0.4 is 5.32 Å². The maximum Gasteiger partial charge on any atom is 0.139 e. The molecule has 1 saturated heterocycles. The van der Waals surface area contributed by atoms with Gasteiger partial charge in [0.15, 0.2) is 0 Å². The molecule has 1 aliphatic rings. The summed E-state index contributed by atoms with van der Waals surface area (Å²) in [5.74, 6) is -0.243. The highest BCUT2D eigenvalue weighted by molar-refractivity contribution is 9.10. The summed E-state index contributed by atoms with van der Waals surface area (Å²) in [5, 5.41) is 3.28. The summed E-state index contributed by atoms with van der Waals surface area (Å²) >= 11 is 3.19. The zero-order valence-electron chi connectivity index (χ0n) is 11.4. The lowest BCUT2D eigenvalue weighted by Gasteiger charge is -2.32. The SMILES string of the molecule is CCN1CCOC(CNc2cc(F)c(Br)cc2C)C1. The number of rotatable bonds is 4. The van der Waals surface area contributed by atoms with Gasteiger partial charge < -0.3 is 10.1 Å². The highest BCUT2D eigenvalue weighted by atomic mass is 79.9. The molecule has 1 aromatic rings. The van der Waals surface area contributed by atoms with E-state index in [1.807, 2.05) is 6.92 Å². The number of nitrogens with one attached hydrogen (secondary N) is 1. The predicted octanol–water partition coefficient (Wildman–Crippen LogP) is 3.03. The van der Waals surface area contributed by atoms with E-state index in [0.717, 1.165) is 37.5 Å². The zero-order valence-corrected chi connectivity index (χ0v) is 13.0. The Morgan fingerprint density at radius 2 is 2.32 bits per heavy atom. The molecule has 5 heteroatoms. The number of nitrogens with zero attached hydrogens (tertiary/aromatic N) is 1. The van der Waals surface area contributed by atoms with Crippen LogP contribution in [0.15, 0.2) is 16.6 Å². The quantitative estimate of drug-likeness (QED) is 0.918. The molecule has 0 amide bonds. The van der Waals surface area contributed by atoms with Crippen molar-refractivity contribution in [3.8, 4) is 0 Å². The summed E-state index contributed by atoms with van der Waals surface area (Å²) in [6.45, 7) is 8.58. The fourth-order valence-corrected chi connectivity index (χ4v) is 2.71. The van der Waals surface area contributed by atoms with Crippen LogP contribution in [0, 0.1) is 12.7 Å². The molecule has 0 aliphatic carbocycles. The lowest BCUT2D eigenvalue weighted by molar-refractivity contribution is -0.0191. The van der Waals surface area contributed by atoms with Crippen molar-refractivity contribution in [3.63, 3.8) is 0 Å². The third-order valence-electron chi connectivity index (χ3n) is 3.46. The molecule has 1 N–H and O–H groups in total. The van der Waals surface area contributed by atoms with Crippen molar-refractivity contribution in [1.29, 1.82) is 0 Å². The minimum absolute atomic E-state index is 0.166. The fourth-order valence-electron chi connectivity index (χ4n) is 2.25. The third-order valence-corrected chi connectivity index (χ3v) is 4.07. The van der Waals surface area contributed by atoms with Crippen molar-refractivity contribution < 1.29 is 9.13 Å². The van der Waals surface area contributed by atoms with E-state index in [1.54, 1.807) is 6.07 Å². The lowest BCUT2D eigenvalue weighted by atomic mass is 10.2. The molecular formula is C14H20BrFN2O. The third kappa shape index (κ3) is 3.91. The van der Waals surface area contributed by atoms with Crippen molar-refractivity contribution >= 4 is 21.6 Å². The average molecular weight is 331 g/mol. The summed E-state index contributed by atoms with van der Waals surface area (Å²) in [7, 11) is 0. The Hall–Kier alpha value is -0.650. The number of anilines is 1. The molecule has 19 heavy (non-hydrogen) atoms. The number of hydrogen-bond acceptors (Lipinski definition) is 3. The summed E-state index contributed by atoms with van der Waals surface area (Å²) < 4.78 is 19.7. The van der Waals surface area contributed by atoms with Gasteiger partial charge in [-0.25, -0.2) is 4.39 Å².